The summed E-state index contributed by atoms with van der Waals surface area (Å²) in [6.07, 6.45) is 8.49. The summed E-state index contributed by atoms with van der Waals surface area (Å²) in [5.74, 6) is -0.0823. The molecule has 0 saturated carbocycles. The fraction of sp³-hybridized carbons (Fsp3) is 0.367. The molecule has 5 aliphatic rings. The molecule has 1 aromatic carbocycles. The molecule has 7 heteroatoms. The van der Waals surface area contributed by atoms with Gasteiger partial charge in [0.1, 0.15) is 5.83 Å². The molecule has 37 heavy (non-hydrogen) atoms. The van der Waals surface area contributed by atoms with Crippen LogP contribution in [0.2, 0.25) is 0 Å². The van der Waals surface area contributed by atoms with Crippen molar-refractivity contribution in [2.24, 2.45) is 9.98 Å². The average Bonchev–Trinajstić information content (AvgIpc) is 2.88. The number of likely N-dealkylation sites (N-methyl/N-ethyl adjacent to an activating group) is 1. The Morgan fingerprint density at radius 3 is 2.68 bits per heavy atom. The Hall–Kier alpha value is -3.42. The minimum Gasteiger partial charge on any atom is -0.381 e. The molecular formula is C30H32FN5O. The molecular weight excluding hydrogens is 465 g/mol. The second kappa shape index (κ2) is 10.1. The molecule has 0 amide bonds. The van der Waals surface area contributed by atoms with Crippen LogP contribution in [0.4, 0.5) is 10.1 Å². The number of allylic oxidation sites excluding steroid dienone is 4. The van der Waals surface area contributed by atoms with Crippen molar-refractivity contribution >= 4 is 28.1 Å². The van der Waals surface area contributed by atoms with Gasteiger partial charge in [-0.3, -0.25) is 9.89 Å². The fourth-order valence-corrected chi connectivity index (χ4v) is 5.49. The highest BCUT2D eigenvalue weighted by molar-refractivity contribution is 5.99. The zero-order chi connectivity index (χ0) is 25.4. The molecule has 1 saturated heterocycles. The number of halogens is 1. The number of aromatic nitrogens is 2. The SMILES string of the molecule is CC1=CC(=Nc2cc3nc4ccccc4n(C4=CC=C(F)CC4)c-3cc2=NC2CCOCC2)CN(C)C1. The van der Waals surface area contributed by atoms with Gasteiger partial charge in [-0.1, -0.05) is 17.7 Å². The van der Waals surface area contributed by atoms with Gasteiger partial charge in [-0.05, 0) is 75.7 Å². The number of nitrogens with zero attached hydrogens (tertiary/aromatic N) is 5. The van der Waals surface area contributed by atoms with Crippen LogP contribution < -0.4 is 5.36 Å². The molecule has 1 aromatic rings. The molecule has 1 fully saturated rings. The van der Waals surface area contributed by atoms with Gasteiger partial charge in [0.2, 0.25) is 0 Å². The van der Waals surface area contributed by atoms with Gasteiger partial charge in [0.25, 0.3) is 0 Å². The quantitative estimate of drug-likeness (QED) is 0.438. The van der Waals surface area contributed by atoms with Crippen molar-refractivity contribution in [3.05, 3.63) is 71.4 Å². The summed E-state index contributed by atoms with van der Waals surface area (Å²) >= 11 is 0. The van der Waals surface area contributed by atoms with E-state index < -0.39 is 0 Å². The van der Waals surface area contributed by atoms with Crippen LogP contribution in [0.15, 0.2) is 76.0 Å². The van der Waals surface area contributed by atoms with Gasteiger partial charge < -0.3 is 9.30 Å². The van der Waals surface area contributed by atoms with Crippen molar-refractivity contribution in [2.75, 3.05) is 33.4 Å². The number of ether oxygens (including phenoxy) is 1. The minimum absolute atomic E-state index is 0.0823. The first-order chi connectivity index (χ1) is 18.0. The van der Waals surface area contributed by atoms with E-state index in [2.05, 4.69) is 47.7 Å². The molecule has 3 heterocycles. The second-order valence-electron chi connectivity index (χ2n) is 10.3. The number of hydrogen-bond donors (Lipinski definition) is 0. The van der Waals surface area contributed by atoms with Crippen LogP contribution in [0.25, 0.3) is 28.1 Å². The number of fused-ring (bicyclic) bond motifs is 2. The fourth-order valence-electron chi connectivity index (χ4n) is 5.49. The summed E-state index contributed by atoms with van der Waals surface area (Å²) in [5.41, 5.74) is 7.92. The Labute approximate surface area is 216 Å². The molecule has 2 aliphatic carbocycles. The molecule has 0 spiro atoms. The molecule has 6 rings (SSSR count). The summed E-state index contributed by atoms with van der Waals surface area (Å²) in [6, 6.07) is 12.5. The molecule has 0 bridgehead atoms. The third kappa shape index (κ3) is 5.06. The number of aliphatic imine (C=N–C) groups is 1. The maximum absolute atomic E-state index is 13.9. The average molecular weight is 498 g/mol. The molecule has 6 nitrogen and oxygen atoms in total. The van der Waals surface area contributed by atoms with Crippen molar-refractivity contribution in [1.29, 1.82) is 0 Å². The number of hydrogen-bond acceptors (Lipinski definition) is 5. The Balaban J connectivity index is 1.61. The lowest BCUT2D eigenvalue weighted by Crippen LogP contribution is -2.31. The van der Waals surface area contributed by atoms with Crippen LogP contribution >= 0.6 is 0 Å². The van der Waals surface area contributed by atoms with E-state index in [1.54, 1.807) is 6.08 Å². The topological polar surface area (TPSA) is 55.0 Å². The van der Waals surface area contributed by atoms with Gasteiger partial charge in [-0.15, -0.1) is 0 Å². The van der Waals surface area contributed by atoms with Crippen LogP contribution in [0.3, 0.4) is 0 Å². The number of benzene rings is 2. The van der Waals surface area contributed by atoms with Crippen molar-refractivity contribution < 1.29 is 9.13 Å². The summed E-state index contributed by atoms with van der Waals surface area (Å²) in [5, 5.41) is 0.871. The van der Waals surface area contributed by atoms with Crippen molar-refractivity contribution in [3.8, 4) is 11.4 Å². The van der Waals surface area contributed by atoms with Gasteiger partial charge in [-0.25, -0.2) is 14.4 Å². The Bertz CT molecular complexity index is 1510. The van der Waals surface area contributed by atoms with Crippen LogP contribution in [0.1, 0.15) is 32.6 Å². The highest BCUT2D eigenvalue weighted by atomic mass is 19.1. The van der Waals surface area contributed by atoms with Gasteiger partial charge >= 0.3 is 0 Å². The first kappa shape index (κ1) is 23.9. The van der Waals surface area contributed by atoms with Crippen LogP contribution in [-0.2, 0) is 4.74 Å². The molecule has 0 radical (unpaired) electrons. The molecule has 3 aliphatic heterocycles. The zero-order valence-corrected chi connectivity index (χ0v) is 21.5. The van der Waals surface area contributed by atoms with E-state index in [0.717, 1.165) is 84.0 Å². The largest absolute Gasteiger partial charge is 0.381 e. The minimum atomic E-state index is -0.0823. The first-order valence-electron chi connectivity index (χ1n) is 13.1. The standard InChI is InChI=1S/C30H32FN5O/c1-20-15-23(19-35(2)18-20)33-26-16-28-30(17-27(26)32-22-11-13-37-14-12-22)36(24-9-7-21(31)8-10-24)29-6-4-3-5-25(29)34-28/h3-7,9,15-17,22H,8,10-14,18-19H2,1-2H3. The molecule has 0 N–H and O–H groups in total. The predicted molar refractivity (Wildman–Crippen MR) is 147 cm³/mol. The molecule has 190 valence electrons. The van der Waals surface area contributed by atoms with Gasteiger partial charge in [0.15, 0.2) is 0 Å². The van der Waals surface area contributed by atoms with E-state index in [1.807, 2.05) is 24.3 Å². The van der Waals surface area contributed by atoms with E-state index in [9.17, 15) is 4.39 Å². The Morgan fingerprint density at radius 2 is 1.89 bits per heavy atom. The number of rotatable bonds is 3. The summed E-state index contributed by atoms with van der Waals surface area (Å²) in [7, 11) is 2.12. The Morgan fingerprint density at radius 1 is 1.05 bits per heavy atom. The van der Waals surface area contributed by atoms with Gasteiger partial charge in [0.05, 0.1) is 45.2 Å². The maximum atomic E-state index is 13.9. The first-order valence-corrected chi connectivity index (χ1v) is 13.1. The van der Waals surface area contributed by atoms with E-state index in [1.165, 1.54) is 5.57 Å². The second-order valence-corrected chi connectivity index (χ2v) is 10.3. The smallest absolute Gasteiger partial charge is 0.100 e. The molecule has 0 atom stereocenters. The third-order valence-electron chi connectivity index (χ3n) is 7.18. The van der Waals surface area contributed by atoms with E-state index in [-0.39, 0.29) is 11.9 Å². The summed E-state index contributed by atoms with van der Waals surface area (Å²) in [4.78, 5) is 17.6. The Kier molecular flexibility index (Phi) is 6.57. The lowest BCUT2D eigenvalue weighted by atomic mass is 10.1. The van der Waals surface area contributed by atoms with Crippen LogP contribution in [0, 0.1) is 0 Å². The van der Waals surface area contributed by atoms with Crippen LogP contribution in [-0.4, -0.2) is 59.6 Å². The number of para-hydroxylation sites is 2. The molecule has 0 unspecified atom stereocenters. The highest BCUT2D eigenvalue weighted by Gasteiger charge is 2.20. The van der Waals surface area contributed by atoms with Crippen molar-refractivity contribution in [1.82, 2.24) is 14.5 Å². The lowest BCUT2D eigenvalue weighted by Gasteiger charge is -2.24. The third-order valence-corrected chi connectivity index (χ3v) is 7.18. The zero-order valence-electron chi connectivity index (χ0n) is 21.5. The van der Waals surface area contributed by atoms with E-state index in [0.29, 0.717) is 12.8 Å². The van der Waals surface area contributed by atoms with Crippen molar-refractivity contribution in [3.63, 3.8) is 0 Å². The normalized spacial score (nSPS) is 21.4. The summed E-state index contributed by atoms with van der Waals surface area (Å²) in [6.45, 7) is 5.35. The van der Waals surface area contributed by atoms with Gasteiger partial charge in [-0.2, -0.15) is 0 Å². The monoisotopic (exact) mass is 497 g/mol. The van der Waals surface area contributed by atoms with E-state index >= 15 is 0 Å². The summed E-state index contributed by atoms with van der Waals surface area (Å²) < 4.78 is 21.7. The highest BCUT2D eigenvalue weighted by Crippen LogP contribution is 2.33. The van der Waals surface area contributed by atoms with Crippen LogP contribution in [0.5, 0.6) is 0 Å². The van der Waals surface area contributed by atoms with E-state index in [4.69, 9.17) is 19.7 Å². The molecule has 0 aromatic heterocycles. The predicted octanol–water partition coefficient (Wildman–Crippen LogP) is 5.67. The van der Waals surface area contributed by atoms with Gasteiger partial charge in [0, 0.05) is 38.4 Å². The van der Waals surface area contributed by atoms with Crippen molar-refractivity contribution in [2.45, 2.75) is 38.6 Å². The maximum Gasteiger partial charge on any atom is 0.100 e. The lowest BCUT2D eigenvalue weighted by molar-refractivity contribution is 0.0864.